The number of carbonyl (C=O) groups excluding carboxylic acids is 1. The van der Waals surface area contributed by atoms with Gasteiger partial charge < -0.3 is 14.6 Å². The molecule has 0 radical (unpaired) electrons. The number of para-hydroxylation sites is 1. The lowest BCUT2D eigenvalue weighted by atomic mass is 9.86. The molecule has 0 unspecified atom stereocenters. The van der Waals surface area contributed by atoms with Crippen LogP contribution in [0.5, 0.6) is 5.75 Å². The van der Waals surface area contributed by atoms with Crippen LogP contribution in [-0.4, -0.2) is 32.5 Å². The van der Waals surface area contributed by atoms with Gasteiger partial charge in [-0.1, -0.05) is 49.7 Å². The average molecular weight is 389 g/mol. The molecule has 1 heterocycles. The Morgan fingerprint density at radius 1 is 1.26 bits per heavy atom. The first kappa shape index (κ1) is 19.7. The number of carbonyl (C=O) groups is 1. The van der Waals surface area contributed by atoms with Crippen molar-refractivity contribution in [2.45, 2.75) is 63.9 Å². The van der Waals surface area contributed by atoms with Crippen molar-refractivity contribution in [3.63, 3.8) is 0 Å². The van der Waals surface area contributed by atoms with E-state index in [9.17, 15) is 4.79 Å². The summed E-state index contributed by atoms with van der Waals surface area (Å²) in [5, 5.41) is 12.4. The van der Waals surface area contributed by atoms with Crippen LogP contribution >= 0.6 is 11.8 Å². The van der Waals surface area contributed by atoms with Crippen LogP contribution in [0.4, 0.5) is 0 Å². The third-order valence-electron chi connectivity index (χ3n) is 5.01. The summed E-state index contributed by atoms with van der Waals surface area (Å²) in [6.45, 7) is 5.37. The first-order valence-electron chi connectivity index (χ1n) is 9.69. The Bertz CT molecular complexity index is 735. The summed E-state index contributed by atoms with van der Waals surface area (Å²) in [6, 6.07) is 9.97. The molecule has 27 heavy (non-hydrogen) atoms. The van der Waals surface area contributed by atoms with Crippen LogP contribution in [0.15, 0.2) is 35.5 Å². The van der Waals surface area contributed by atoms with E-state index in [2.05, 4.69) is 22.4 Å². The van der Waals surface area contributed by atoms with Crippen molar-refractivity contribution in [2.24, 2.45) is 5.92 Å². The number of hydrogen-bond acceptors (Lipinski definition) is 5. The number of nitrogens with one attached hydrogen (secondary N) is 1. The molecule has 146 valence electrons. The maximum absolute atomic E-state index is 12.3. The molecule has 3 rings (SSSR count). The number of hydrogen-bond donors (Lipinski definition) is 1. The number of thioether (sulfide) groups is 1. The molecule has 1 amide bonds. The fraction of sp³-hybridized carbons (Fsp3) is 0.550. The fourth-order valence-corrected chi connectivity index (χ4v) is 4.26. The second-order valence-corrected chi connectivity index (χ2v) is 7.91. The standard InChI is InChI=1S/C20H28N4O2S/c1-3-24-18(13-26-16-10-5-4-6-11-16)22-23-20(24)27-14-19(25)21-17-12-8-7-9-15(17)2/h4-6,10-11,15,17H,3,7-9,12-14H2,1-2H3,(H,21,25)/t15-,17-/m0/s1. The smallest absolute Gasteiger partial charge is 0.230 e. The van der Waals surface area contributed by atoms with E-state index in [-0.39, 0.29) is 5.91 Å². The number of amides is 1. The van der Waals surface area contributed by atoms with Gasteiger partial charge in [0.25, 0.3) is 0 Å². The van der Waals surface area contributed by atoms with E-state index in [4.69, 9.17) is 4.74 Å². The zero-order valence-corrected chi connectivity index (χ0v) is 16.9. The molecule has 0 saturated heterocycles. The molecule has 1 saturated carbocycles. The Kier molecular flexibility index (Phi) is 7.15. The van der Waals surface area contributed by atoms with Crippen molar-refractivity contribution in [3.05, 3.63) is 36.2 Å². The number of ether oxygens (including phenoxy) is 1. The summed E-state index contributed by atoms with van der Waals surface area (Å²) in [5.41, 5.74) is 0. The zero-order valence-electron chi connectivity index (χ0n) is 16.1. The van der Waals surface area contributed by atoms with E-state index in [1.54, 1.807) is 0 Å². The van der Waals surface area contributed by atoms with Gasteiger partial charge in [-0.2, -0.15) is 0 Å². The van der Waals surface area contributed by atoms with Crippen molar-refractivity contribution in [3.8, 4) is 5.75 Å². The monoisotopic (exact) mass is 388 g/mol. The highest BCUT2D eigenvalue weighted by Gasteiger charge is 2.23. The Morgan fingerprint density at radius 3 is 2.78 bits per heavy atom. The van der Waals surface area contributed by atoms with E-state index in [1.807, 2.05) is 41.8 Å². The minimum atomic E-state index is 0.0755. The topological polar surface area (TPSA) is 69.0 Å². The number of nitrogens with zero attached hydrogens (tertiary/aromatic N) is 3. The summed E-state index contributed by atoms with van der Waals surface area (Å²) in [5.74, 6) is 2.57. The van der Waals surface area contributed by atoms with E-state index < -0.39 is 0 Å². The molecular formula is C20H28N4O2S. The molecule has 7 heteroatoms. The van der Waals surface area contributed by atoms with Gasteiger partial charge in [0.05, 0.1) is 5.75 Å². The van der Waals surface area contributed by atoms with Gasteiger partial charge in [0.15, 0.2) is 11.0 Å². The minimum absolute atomic E-state index is 0.0755. The van der Waals surface area contributed by atoms with Crippen molar-refractivity contribution in [2.75, 3.05) is 5.75 Å². The highest BCUT2D eigenvalue weighted by atomic mass is 32.2. The highest BCUT2D eigenvalue weighted by Crippen LogP contribution is 2.24. The second-order valence-electron chi connectivity index (χ2n) is 6.97. The Balaban J connectivity index is 1.52. The summed E-state index contributed by atoms with van der Waals surface area (Å²) >= 11 is 1.43. The summed E-state index contributed by atoms with van der Waals surface area (Å²) in [7, 11) is 0. The van der Waals surface area contributed by atoms with E-state index >= 15 is 0 Å². The SMILES string of the molecule is CCn1c(COc2ccccc2)nnc1SCC(=O)N[C@H]1CCCC[C@@H]1C. The van der Waals surface area contributed by atoms with Crippen LogP contribution < -0.4 is 10.1 Å². The first-order chi connectivity index (χ1) is 13.2. The molecule has 1 aromatic carbocycles. The summed E-state index contributed by atoms with van der Waals surface area (Å²) < 4.78 is 7.78. The van der Waals surface area contributed by atoms with Crippen molar-refractivity contribution in [1.29, 1.82) is 0 Å². The Hall–Kier alpha value is -2.02. The van der Waals surface area contributed by atoms with Gasteiger partial charge in [0.1, 0.15) is 12.4 Å². The van der Waals surface area contributed by atoms with Crippen LogP contribution in [-0.2, 0) is 17.9 Å². The Morgan fingerprint density at radius 2 is 2.04 bits per heavy atom. The number of aromatic nitrogens is 3. The maximum atomic E-state index is 12.3. The maximum Gasteiger partial charge on any atom is 0.230 e. The lowest BCUT2D eigenvalue weighted by Gasteiger charge is -2.29. The molecule has 1 aromatic heterocycles. The number of rotatable bonds is 8. The molecule has 1 N–H and O–H groups in total. The quantitative estimate of drug-likeness (QED) is 0.699. The van der Waals surface area contributed by atoms with E-state index in [0.717, 1.165) is 29.7 Å². The number of benzene rings is 1. The first-order valence-corrected chi connectivity index (χ1v) is 10.7. The van der Waals surface area contributed by atoms with Crippen molar-refractivity contribution >= 4 is 17.7 Å². The molecule has 2 atom stereocenters. The van der Waals surface area contributed by atoms with Crippen LogP contribution in [0.1, 0.15) is 45.4 Å². The third kappa shape index (κ3) is 5.48. The predicted molar refractivity (Wildman–Crippen MR) is 107 cm³/mol. The summed E-state index contributed by atoms with van der Waals surface area (Å²) in [4.78, 5) is 12.3. The van der Waals surface area contributed by atoms with Gasteiger partial charge in [-0.05, 0) is 37.8 Å². The minimum Gasteiger partial charge on any atom is -0.486 e. The fourth-order valence-electron chi connectivity index (χ4n) is 3.42. The van der Waals surface area contributed by atoms with E-state index in [1.165, 1.54) is 31.0 Å². The van der Waals surface area contributed by atoms with Crippen molar-refractivity contribution < 1.29 is 9.53 Å². The van der Waals surface area contributed by atoms with Gasteiger partial charge >= 0.3 is 0 Å². The molecule has 2 aromatic rings. The predicted octanol–water partition coefficient (Wildman–Crippen LogP) is 3.66. The lowest BCUT2D eigenvalue weighted by molar-refractivity contribution is -0.119. The molecule has 0 spiro atoms. The third-order valence-corrected chi connectivity index (χ3v) is 5.98. The van der Waals surface area contributed by atoms with Gasteiger partial charge in [-0.3, -0.25) is 4.79 Å². The van der Waals surface area contributed by atoms with Crippen molar-refractivity contribution in [1.82, 2.24) is 20.1 Å². The molecular weight excluding hydrogens is 360 g/mol. The summed E-state index contributed by atoms with van der Waals surface area (Å²) in [6.07, 6.45) is 4.77. The normalized spacial score (nSPS) is 19.6. The lowest BCUT2D eigenvalue weighted by Crippen LogP contribution is -2.41. The molecule has 6 nitrogen and oxygen atoms in total. The van der Waals surface area contributed by atoms with Gasteiger partial charge in [0.2, 0.25) is 5.91 Å². The Labute approximate surface area is 165 Å². The van der Waals surface area contributed by atoms with Gasteiger partial charge in [-0.25, -0.2) is 0 Å². The largest absolute Gasteiger partial charge is 0.486 e. The molecule has 0 bridgehead atoms. The van der Waals surface area contributed by atoms with Crippen LogP contribution in [0.2, 0.25) is 0 Å². The highest BCUT2D eigenvalue weighted by molar-refractivity contribution is 7.99. The van der Waals surface area contributed by atoms with Crippen LogP contribution in [0, 0.1) is 5.92 Å². The van der Waals surface area contributed by atoms with Gasteiger partial charge in [-0.15, -0.1) is 10.2 Å². The van der Waals surface area contributed by atoms with E-state index in [0.29, 0.717) is 24.3 Å². The molecule has 1 aliphatic carbocycles. The average Bonchev–Trinajstić information content (AvgIpc) is 3.09. The molecule has 1 fully saturated rings. The second kappa shape index (κ2) is 9.78. The van der Waals surface area contributed by atoms with Crippen LogP contribution in [0.25, 0.3) is 0 Å². The van der Waals surface area contributed by atoms with Gasteiger partial charge in [0, 0.05) is 12.6 Å². The molecule has 1 aliphatic rings. The van der Waals surface area contributed by atoms with Crippen LogP contribution in [0.3, 0.4) is 0 Å². The zero-order chi connectivity index (χ0) is 19.1. The molecule has 0 aliphatic heterocycles.